The van der Waals surface area contributed by atoms with Crippen molar-refractivity contribution in [2.24, 2.45) is 0 Å². The smallest absolute Gasteiger partial charge is 0.252 e. The van der Waals surface area contributed by atoms with Crippen LogP contribution < -0.4 is 0 Å². The summed E-state index contributed by atoms with van der Waals surface area (Å²) in [7, 11) is 0. The van der Waals surface area contributed by atoms with Gasteiger partial charge in [0.15, 0.2) is 0 Å². The second kappa shape index (κ2) is 7.44. The Hall–Kier alpha value is -2.11. The number of furan rings is 1. The number of aliphatic hydroxyl groups excluding tert-OH is 1. The fourth-order valence-corrected chi connectivity index (χ4v) is 2.79. The second-order valence-corrected chi connectivity index (χ2v) is 5.74. The molecule has 0 saturated carbocycles. The van der Waals surface area contributed by atoms with Crippen LogP contribution in [0.2, 0.25) is 0 Å². The second-order valence-electron chi connectivity index (χ2n) is 5.74. The number of nitrogens with zero attached hydrogens (tertiary/aromatic N) is 1. The normalized spacial score (nSPS) is 18.7. The lowest BCUT2D eigenvalue weighted by molar-refractivity contribution is -0.143. The maximum absolute atomic E-state index is 12.7. The lowest BCUT2D eigenvalue weighted by Gasteiger charge is -2.27. The number of carbonyl (C=O) groups is 1. The first-order valence-electron chi connectivity index (χ1n) is 7.90. The van der Waals surface area contributed by atoms with Crippen molar-refractivity contribution in [3.8, 4) is 0 Å². The van der Waals surface area contributed by atoms with Crippen molar-refractivity contribution in [2.75, 3.05) is 13.2 Å². The number of carbonyl (C=O) groups excluding carboxylic acids is 1. The average molecular weight is 315 g/mol. The molecule has 0 aliphatic carbocycles. The third kappa shape index (κ3) is 4.00. The zero-order valence-electron chi connectivity index (χ0n) is 12.9. The molecule has 1 aliphatic rings. The predicted octanol–water partition coefficient (Wildman–Crippen LogP) is 2.52. The maximum atomic E-state index is 12.7. The predicted molar refractivity (Wildman–Crippen MR) is 84.5 cm³/mol. The first kappa shape index (κ1) is 15.8. The molecule has 0 spiro atoms. The van der Waals surface area contributed by atoms with E-state index in [4.69, 9.17) is 9.15 Å². The summed E-state index contributed by atoms with van der Waals surface area (Å²) in [4.78, 5) is 14.4. The van der Waals surface area contributed by atoms with E-state index in [0.717, 1.165) is 18.4 Å². The van der Waals surface area contributed by atoms with E-state index in [1.54, 1.807) is 17.0 Å². The molecule has 0 radical (unpaired) electrons. The van der Waals surface area contributed by atoms with Crippen LogP contribution in [0.3, 0.4) is 0 Å². The molecule has 1 N–H and O–H groups in total. The molecule has 23 heavy (non-hydrogen) atoms. The van der Waals surface area contributed by atoms with Gasteiger partial charge in [0.25, 0.3) is 5.91 Å². The molecule has 5 heteroatoms. The maximum Gasteiger partial charge on any atom is 0.252 e. The van der Waals surface area contributed by atoms with E-state index < -0.39 is 12.2 Å². The van der Waals surface area contributed by atoms with Gasteiger partial charge in [0, 0.05) is 13.2 Å². The molecule has 122 valence electrons. The van der Waals surface area contributed by atoms with Crippen LogP contribution in [0.25, 0.3) is 0 Å². The number of rotatable bonds is 6. The Morgan fingerprint density at radius 2 is 2.09 bits per heavy atom. The van der Waals surface area contributed by atoms with Crippen LogP contribution in [-0.2, 0) is 16.1 Å². The van der Waals surface area contributed by atoms with Crippen molar-refractivity contribution in [3.05, 3.63) is 60.1 Å². The Morgan fingerprint density at radius 1 is 1.26 bits per heavy atom. The highest BCUT2D eigenvalue weighted by molar-refractivity contribution is 5.81. The average Bonchev–Trinajstić information content (AvgIpc) is 3.27. The molecule has 3 rings (SSSR count). The van der Waals surface area contributed by atoms with Crippen molar-refractivity contribution in [1.82, 2.24) is 4.90 Å². The highest BCUT2D eigenvalue weighted by Crippen LogP contribution is 2.20. The lowest BCUT2D eigenvalue weighted by atomic mass is 10.1. The molecule has 1 aliphatic heterocycles. The fraction of sp³-hybridized carbons (Fsp3) is 0.389. The molecule has 1 fully saturated rings. The summed E-state index contributed by atoms with van der Waals surface area (Å²) in [6.45, 7) is 1.24. The Balaban J connectivity index is 1.73. The summed E-state index contributed by atoms with van der Waals surface area (Å²) in [5.41, 5.74) is 1.02. The minimum atomic E-state index is -0.848. The SMILES string of the molecule is O=C(C1CCCO1)N(Cc1ccccc1)CC(O)c1ccco1. The number of ether oxygens (including phenoxy) is 1. The summed E-state index contributed by atoms with van der Waals surface area (Å²) >= 11 is 0. The highest BCUT2D eigenvalue weighted by atomic mass is 16.5. The van der Waals surface area contributed by atoms with Gasteiger partial charge in [-0.3, -0.25) is 4.79 Å². The fourth-order valence-electron chi connectivity index (χ4n) is 2.79. The molecule has 1 aromatic heterocycles. The van der Waals surface area contributed by atoms with Gasteiger partial charge in [-0.1, -0.05) is 30.3 Å². The molecular formula is C18H21NO4. The van der Waals surface area contributed by atoms with E-state index in [9.17, 15) is 9.90 Å². The van der Waals surface area contributed by atoms with Gasteiger partial charge in [-0.05, 0) is 30.5 Å². The first-order valence-corrected chi connectivity index (χ1v) is 7.90. The summed E-state index contributed by atoms with van der Waals surface area (Å²) < 4.78 is 10.7. The van der Waals surface area contributed by atoms with E-state index in [2.05, 4.69) is 0 Å². The van der Waals surface area contributed by atoms with Crippen LogP contribution in [0.15, 0.2) is 53.1 Å². The molecule has 2 aromatic rings. The van der Waals surface area contributed by atoms with Crippen molar-refractivity contribution < 1.29 is 19.1 Å². The third-order valence-electron chi connectivity index (χ3n) is 4.00. The van der Waals surface area contributed by atoms with Gasteiger partial charge in [-0.15, -0.1) is 0 Å². The van der Waals surface area contributed by atoms with E-state index in [-0.39, 0.29) is 12.5 Å². The number of benzene rings is 1. The first-order chi connectivity index (χ1) is 11.2. The molecule has 2 unspecified atom stereocenters. The van der Waals surface area contributed by atoms with Gasteiger partial charge in [0.1, 0.15) is 18.0 Å². The summed E-state index contributed by atoms with van der Waals surface area (Å²) in [5, 5.41) is 10.3. The lowest BCUT2D eigenvalue weighted by Crippen LogP contribution is -2.40. The van der Waals surface area contributed by atoms with Gasteiger partial charge in [0.05, 0.1) is 12.8 Å². The van der Waals surface area contributed by atoms with Gasteiger partial charge in [-0.25, -0.2) is 0 Å². The Labute approximate surface area is 135 Å². The molecule has 2 heterocycles. The van der Waals surface area contributed by atoms with Crippen LogP contribution in [0.1, 0.15) is 30.3 Å². The number of hydrogen-bond acceptors (Lipinski definition) is 4. The van der Waals surface area contributed by atoms with E-state index in [1.807, 2.05) is 30.3 Å². The Kier molecular flexibility index (Phi) is 5.10. The van der Waals surface area contributed by atoms with E-state index in [0.29, 0.717) is 18.9 Å². The quantitative estimate of drug-likeness (QED) is 0.890. The van der Waals surface area contributed by atoms with Gasteiger partial charge in [0.2, 0.25) is 0 Å². The molecule has 0 bridgehead atoms. The van der Waals surface area contributed by atoms with E-state index in [1.165, 1.54) is 6.26 Å². The Bertz CT molecular complexity index is 605. The topological polar surface area (TPSA) is 62.9 Å². The van der Waals surface area contributed by atoms with Gasteiger partial charge < -0.3 is 19.2 Å². The molecule has 1 amide bonds. The standard InChI is InChI=1S/C18H21NO4/c20-15(16-8-4-10-22-16)13-19(12-14-6-2-1-3-7-14)18(21)17-9-5-11-23-17/h1-4,6-8,10,15,17,20H,5,9,11-13H2. The van der Waals surface area contributed by atoms with Crippen molar-refractivity contribution in [2.45, 2.75) is 31.6 Å². The molecule has 1 aromatic carbocycles. The number of aliphatic hydroxyl groups is 1. The van der Waals surface area contributed by atoms with Crippen LogP contribution in [0.5, 0.6) is 0 Å². The minimum absolute atomic E-state index is 0.0723. The van der Waals surface area contributed by atoms with Gasteiger partial charge in [-0.2, -0.15) is 0 Å². The van der Waals surface area contributed by atoms with E-state index >= 15 is 0 Å². The summed E-state index contributed by atoms with van der Waals surface area (Å²) in [5.74, 6) is 0.389. The highest BCUT2D eigenvalue weighted by Gasteiger charge is 2.30. The van der Waals surface area contributed by atoms with Crippen molar-refractivity contribution in [1.29, 1.82) is 0 Å². The number of amides is 1. The van der Waals surface area contributed by atoms with Crippen molar-refractivity contribution in [3.63, 3.8) is 0 Å². The zero-order chi connectivity index (χ0) is 16.1. The molecular weight excluding hydrogens is 294 g/mol. The minimum Gasteiger partial charge on any atom is -0.467 e. The van der Waals surface area contributed by atoms with Crippen LogP contribution in [0, 0.1) is 0 Å². The molecule has 1 saturated heterocycles. The van der Waals surface area contributed by atoms with Crippen LogP contribution in [0.4, 0.5) is 0 Å². The third-order valence-corrected chi connectivity index (χ3v) is 4.00. The van der Waals surface area contributed by atoms with Gasteiger partial charge >= 0.3 is 0 Å². The largest absolute Gasteiger partial charge is 0.467 e. The molecule has 5 nitrogen and oxygen atoms in total. The van der Waals surface area contributed by atoms with Crippen LogP contribution in [-0.4, -0.2) is 35.2 Å². The monoisotopic (exact) mass is 315 g/mol. The van der Waals surface area contributed by atoms with Crippen molar-refractivity contribution >= 4 is 5.91 Å². The Morgan fingerprint density at radius 3 is 2.74 bits per heavy atom. The molecule has 2 atom stereocenters. The summed E-state index contributed by atoms with van der Waals surface area (Å²) in [6, 6.07) is 13.2. The number of hydrogen-bond donors (Lipinski definition) is 1. The van der Waals surface area contributed by atoms with Crippen LogP contribution >= 0.6 is 0 Å². The zero-order valence-corrected chi connectivity index (χ0v) is 12.9. The summed E-state index contributed by atoms with van der Waals surface area (Å²) in [6.07, 6.45) is 1.90.